The van der Waals surface area contributed by atoms with Crippen LogP contribution in [0, 0.1) is 0 Å². The van der Waals surface area contributed by atoms with Gasteiger partial charge in [-0.25, -0.2) is 0 Å². The van der Waals surface area contributed by atoms with Crippen molar-refractivity contribution in [3.8, 4) is 0 Å². The second-order valence-corrected chi connectivity index (χ2v) is 18.5. The molecule has 0 aliphatic heterocycles. The Morgan fingerprint density at radius 2 is 1.17 bits per heavy atom. The molecule has 1 unspecified atom stereocenters. The van der Waals surface area contributed by atoms with E-state index in [4.69, 9.17) is 18.5 Å². The topological polar surface area (TPSA) is 152 Å². The second kappa shape index (κ2) is 43.2. The molecular formula is C53H88NO10P. The number of esters is 2. The summed E-state index contributed by atoms with van der Waals surface area (Å²) in [5, 5.41) is 20.0. The first kappa shape index (κ1) is 61.6. The first-order valence-corrected chi connectivity index (χ1v) is 25.8. The maximum atomic E-state index is 12.7. The fourth-order valence-corrected chi connectivity index (χ4v) is 6.60. The molecule has 0 bridgehead atoms. The lowest BCUT2D eigenvalue weighted by Gasteiger charge is -2.28. The summed E-state index contributed by atoms with van der Waals surface area (Å²) in [5.41, 5.74) is 0. The fourth-order valence-electron chi connectivity index (χ4n) is 5.87. The Balaban J connectivity index is 4.58. The number of carbonyl (C=O) groups is 2. The standard InChI is InChI=1S/C53H88NO10P/c1-6-8-10-11-12-13-14-15-16-17-18-19-20-21-22-23-24-28-31-37-44-53(58)64-51(48-63-65(59,60)62-46-45-54(3,4)5)47-61-52(57)43-38-32-36-42-50(56)41-35-30-27-25-26-29-34-40-49(55)39-33-9-7-2/h9,13-14,16-17,19-20,26-27,29-30,33-36,40-42,49-51,55-56H,6-8,10-12,15,18,21-25,28,31-32,37-39,43-48H2,1-5H3/b14-13-,17-16-,20-19-,29-26-,30-27-,33-9-,40-34+,41-35+,42-36-/t49-,50-,51-/m1/s1. The molecule has 65 heavy (non-hydrogen) atoms. The van der Waals surface area contributed by atoms with Crippen molar-refractivity contribution in [3.63, 3.8) is 0 Å². The summed E-state index contributed by atoms with van der Waals surface area (Å²) in [6, 6.07) is 0. The SMILES string of the molecule is CC/C=C\C[C@@H](O)/C=C/C=C\C/C=C\C=C\[C@@H](O)/C=C\CCCC(=O)OC[C@H](COP(=O)([O-])OCC[N+](C)(C)C)OC(=O)CCCCCCCC/C=C\C/C=C\C/C=C\CCCCCC. The van der Waals surface area contributed by atoms with Gasteiger partial charge in [0.2, 0.25) is 0 Å². The number of unbranched alkanes of at least 4 members (excludes halogenated alkanes) is 11. The third-order valence-electron chi connectivity index (χ3n) is 9.70. The van der Waals surface area contributed by atoms with Crippen LogP contribution in [0.25, 0.3) is 0 Å². The van der Waals surface area contributed by atoms with Gasteiger partial charge in [0.25, 0.3) is 7.82 Å². The summed E-state index contributed by atoms with van der Waals surface area (Å²) < 4.78 is 33.8. The van der Waals surface area contributed by atoms with Gasteiger partial charge in [-0.2, -0.15) is 0 Å². The number of phosphoric ester groups is 1. The highest BCUT2D eigenvalue weighted by atomic mass is 31.2. The van der Waals surface area contributed by atoms with Crippen molar-refractivity contribution in [2.24, 2.45) is 0 Å². The van der Waals surface area contributed by atoms with Crippen molar-refractivity contribution in [1.82, 2.24) is 0 Å². The van der Waals surface area contributed by atoms with Crippen molar-refractivity contribution in [3.05, 3.63) is 109 Å². The van der Waals surface area contributed by atoms with E-state index in [1.165, 1.54) is 32.1 Å². The molecule has 0 saturated carbocycles. The van der Waals surface area contributed by atoms with Gasteiger partial charge in [-0.1, -0.05) is 168 Å². The van der Waals surface area contributed by atoms with Crippen LogP contribution in [0.15, 0.2) is 109 Å². The largest absolute Gasteiger partial charge is 0.756 e. The van der Waals surface area contributed by atoms with E-state index in [0.29, 0.717) is 43.1 Å². The van der Waals surface area contributed by atoms with Crippen LogP contribution in [-0.2, 0) is 32.7 Å². The number of hydrogen-bond donors (Lipinski definition) is 2. The Morgan fingerprint density at radius 3 is 1.82 bits per heavy atom. The number of nitrogens with zero attached hydrogens (tertiary/aromatic N) is 1. The summed E-state index contributed by atoms with van der Waals surface area (Å²) in [4.78, 5) is 37.7. The van der Waals surface area contributed by atoms with Gasteiger partial charge in [-0.3, -0.25) is 14.2 Å². The molecular weight excluding hydrogens is 842 g/mol. The third kappa shape index (κ3) is 46.9. The Hall–Kier alpha value is -3.41. The van der Waals surface area contributed by atoms with Gasteiger partial charge in [0, 0.05) is 12.8 Å². The zero-order valence-electron chi connectivity index (χ0n) is 40.9. The van der Waals surface area contributed by atoms with E-state index in [1.54, 1.807) is 30.4 Å². The molecule has 0 fully saturated rings. The molecule has 0 amide bonds. The van der Waals surface area contributed by atoms with Crippen LogP contribution in [-0.4, -0.2) is 92.5 Å². The molecule has 0 aliphatic carbocycles. The average Bonchev–Trinajstić information content (AvgIpc) is 3.25. The first-order chi connectivity index (χ1) is 31.3. The van der Waals surface area contributed by atoms with Crippen molar-refractivity contribution in [2.45, 2.75) is 167 Å². The Kier molecular flexibility index (Phi) is 40.9. The van der Waals surface area contributed by atoms with E-state index in [1.807, 2.05) is 63.7 Å². The van der Waals surface area contributed by atoms with Crippen LogP contribution >= 0.6 is 7.82 Å². The summed E-state index contributed by atoms with van der Waals surface area (Å²) >= 11 is 0. The fraction of sp³-hybridized carbons (Fsp3) is 0.623. The van der Waals surface area contributed by atoms with Gasteiger partial charge in [0.15, 0.2) is 6.10 Å². The lowest BCUT2D eigenvalue weighted by atomic mass is 10.1. The highest BCUT2D eigenvalue weighted by molar-refractivity contribution is 7.45. The number of carbonyl (C=O) groups excluding carboxylic acids is 2. The number of allylic oxidation sites excluding steroid dienone is 14. The molecule has 0 aromatic heterocycles. The van der Waals surface area contributed by atoms with E-state index in [9.17, 15) is 29.3 Å². The van der Waals surface area contributed by atoms with Crippen LogP contribution < -0.4 is 4.89 Å². The van der Waals surface area contributed by atoms with Crippen molar-refractivity contribution >= 4 is 19.8 Å². The molecule has 2 N–H and O–H groups in total. The van der Waals surface area contributed by atoms with E-state index in [0.717, 1.165) is 57.8 Å². The predicted molar refractivity (Wildman–Crippen MR) is 266 cm³/mol. The molecule has 370 valence electrons. The number of aliphatic hydroxyl groups is 2. The number of likely N-dealkylation sites (N-methyl/N-ethyl adjacent to an activating group) is 1. The normalized spacial score (nSPS) is 15.4. The summed E-state index contributed by atoms with van der Waals surface area (Å²) in [6.45, 7) is 3.76. The first-order valence-electron chi connectivity index (χ1n) is 24.3. The van der Waals surface area contributed by atoms with Crippen LogP contribution in [0.2, 0.25) is 0 Å². The third-order valence-corrected chi connectivity index (χ3v) is 10.7. The number of aliphatic hydroxyl groups excluding tert-OH is 2. The molecule has 4 atom stereocenters. The minimum Gasteiger partial charge on any atom is -0.756 e. The number of quaternary nitrogens is 1. The molecule has 0 spiro atoms. The van der Waals surface area contributed by atoms with Crippen LogP contribution in [0.1, 0.15) is 149 Å². The lowest BCUT2D eigenvalue weighted by molar-refractivity contribution is -0.870. The van der Waals surface area contributed by atoms with E-state index in [-0.39, 0.29) is 26.1 Å². The maximum Gasteiger partial charge on any atom is 0.306 e. The molecule has 0 aromatic rings. The predicted octanol–water partition coefficient (Wildman–Crippen LogP) is 11.6. The summed E-state index contributed by atoms with van der Waals surface area (Å²) in [6.07, 6.45) is 51.9. The summed E-state index contributed by atoms with van der Waals surface area (Å²) in [7, 11) is 1.02. The van der Waals surface area contributed by atoms with Gasteiger partial charge >= 0.3 is 11.9 Å². The minimum atomic E-state index is -4.69. The van der Waals surface area contributed by atoms with E-state index in [2.05, 4.69) is 50.3 Å². The highest BCUT2D eigenvalue weighted by Gasteiger charge is 2.21. The quantitative estimate of drug-likeness (QED) is 0.0151. The number of phosphoric acid groups is 1. The Labute approximate surface area is 394 Å². The van der Waals surface area contributed by atoms with Gasteiger partial charge in [0.1, 0.15) is 19.8 Å². The molecule has 0 saturated heterocycles. The molecule has 12 heteroatoms. The average molecular weight is 930 g/mol. The second-order valence-electron chi connectivity index (χ2n) is 17.1. The smallest absolute Gasteiger partial charge is 0.306 e. The van der Waals surface area contributed by atoms with Crippen molar-refractivity contribution in [1.29, 1.82) is 0 Å². The zero-order chi connectivity index (χ0) is 48.1. The minimum absolute atomic E-state index is 0.0733. The number of hydrogen-bond acceptors (Lipinski definition) is 10. The van der Waals surface area contributed by atoms with Crippen molar-refractivity contribution in [2.75, 3.05) is 47.5 Å². The highest BCUT2D eigenvalue weighted by Crippen LogP contribution is 2.38. The van der Waals surface area contributed by atoms with Gasteiger partial charge in [0.05, 0.1) is 40.0 Å². The van der Waals surface area contributed by atoms with Gasteiger partial charge in [-0.15, -0.1) is 0 Å². The molecule has 0 radical (unpaired) electrons. The lowest BCUT2D eigenvalue weighted by Crippen LogP contribution is -2.37. The monoisotopic (exact) mass is 930 g/mol. The molecule has 0 aromatic carbocycles. The number of ether oxygens (including phenoxy) is 2. The Morgan fingerprint density at radius 1 is 0.600 bits per heavy atom. The van der Waals surface area contributed by atoms with E-state index < -0.39 is 44.7 Å². The maximum absolute atomic E-state index is 12.7. The van der Waals surface area contributed by atoms with Gasteiger partial charge in [-0.05, 0) is 77.0 Å². The van der Waals surface area contributed by atoms with Crippen LogP contribution in [0.5, 0.6) is 0 Å². The zero-order valence-corrected chi connectivity index (χ0v) is 41.8. The summed E-state index contributed by atoms with van der Waals surface area (Å²) in [5.74, 6) is -1.04. The van der Waals surface area contributed by atoms with Crippen molar-refractivity contribution < 1.29 is 52.3 Å². The molecule has 11 nitrogen and oxygen atoms in total. The molecule has 0 aliphatic rings. The molecule has 0 rings (SSSR count). The van der Waals surface area contributed by atoms with Crippen LogP contribution in [0.3, 0.4) is 0 Å². The van der Waals surface area contributed by atoms with Gasteiger partial charge < -0.3 is 38.1 Å². The van der Waals surface area contributed by atoms with Crippen LogP contribution in [0.4, 0.5) is 0 Å². The Bertz CT molecular complexity index is 1500. The number of rotatable bonds is 42. The van der Waals surface area contributed by atoms with E-state index >= 15 is 0 Å². The molecule has 0 heterocycles.